The zero-order valence-electron chi connectivity index (χ0n) is 12.7. The van der Waals surface area contributed by atoms with E-state index in [9.17, 15) is 0 Å². The minimum absolute atomic E-state index is 0.0848. The van der Waals surface area contributed by atoms with E-state index in [0.717, 1.165) is 24.7 Å². The van der Waals surface area contributed by atoms with Gasteiger partial charge in [-0.25, -0.2) is 0 Å². The first-order chi connectivity index (χ1) is 8.29. The van der Waals surface area contributed by atoms with Gasteiger partial charge in [0, 0.05) is 6.04 Å². The second-order valence-electron chi connectivity index (χ2n) is 6.85. The normalized spacial score (nSPS) is 29.8. The standard InChI is InChI=1S/C15H31NO2/c1-11(2)12-6-7-13(16)14(10-12)17-8-9-18-15(3,4)5/h11-14H,6-10,16H2,1-5H3. The van der Waals surface area contributed by atoms with Crippen molar-refractivity contribution in [3.05, 3.63) is 0 Å². The molecule has 18 heavy (non-hydrogen) atoms. The summed E-state index contributed by atoms with van der Waals surface area (Å²) in [6.07, 6.45) is 3.66. The minimum atomic E-state index is -0.0848. The van der Waals surface area contributed by atoms with Crippen molar-refractivity contribution < 1.29 is 9.47 Å². The molecule has 0 aromatic heterocycles. The van der Waals surface area contributed by atoms with E-state index in [1.165, 1.54) is 6.42 Å². The highest BCUT2D eigenvalue weighted by atomic mass is 16.5. The van der Waals surface area contributed by atoms with Gasteiger partial charge >= 0.3 is 0 Å². The largest absolute Gasteiger partial charge is 0.374 e. The average molecular weight is 257 g/mol. The van der Waals surface area contributed by atoms with Crippen molar-refractivity contribution in [3.8, 4) is 0 Å². The molecule has 0 aromatic rings. The molecule has 0 aromatic carbocycles. The van der Waals surface area contributed by atoms with Gasteiger partial charge in [0.2, 0.25) is 0 Å². The second-order valence-corrected chi connectivity index (χ2v) is 6.85. The van der Waals surface area contributed by atoms with Crippen LogP contribution in [0.5, 0.6) is 0 Å². The van der Waals surface area contributed by atoms with Crippen LogP contribution in [0.4, 0.5) is 0 Å². The second kappa shape index (κ2) is 6.88. The average Bonchev–Trinajstić information content (AvgIpc) is 2.24. The Bertz CT molecular complexity index is 235. The van der Waals surface area contributed by atoms with Crippen LogP contribution in [0.15, 0.2) is 0 Å². The number of ether oxygens (including phenoxy) is 2. The molecule has 1 aliphatic carbocycles. The van der Waals surface area contributed by atoms with Gasteiger partial charge < -0.3 is 15.2 Å². The fourth-order valence-corrected chi connectivity index (χ4v) is 2.53. The molecule has 1 saturated carbocycles. The minimum Gasteiger partial charge on any atom is -0.374 e. The van der Waals surface area contributed by atoms with Crippen LogP contribution in [0.1, 0.15) is 53.9 Å². The van der Waals surface area contributed by atoms with Crippen molar-refractivity contribution in [2.45, 2.75) is 71.6 Å². The molecule has 1 rings (SSSR count). The molecule has 0 bridgehead atoms. The Morgan fingerprint density at radius 1 is 1.17 bits per heavy atom. The van der Waals surface area contributed by atoms with Gasteiger partial charge in [0.25, 0.3) is 0 Å². The number of nitrogens with two attached hydrogens (primary N) is 1. The molecule has 0 saturated heterocycles. The molecule has 1 aliphatic rings. The first-order valence-electron chi connectivity index (χ1n) is 7.30. The van der Waals surface area contributed by atoms with Crippen LogP contribution in [0.25, 0.3) is 0 Å². The molecule has 108 valence electrons. The fraction of sp³-hybridized carbons (Fsp3) is 1.00. The van der Waals surface area contributed by atoms with Crippen molar-refractivity contribution in [2.75, 3.05) is 13.2 Å². The van der Waals surface area contributed by atoms with Crippen LogP contribution in [0, 0.1) is 11.8 Å². The molecule has 0 radical (unpaired) electrons. The molecule has 3 heteroatoms. The molecule has 2 N–H and O–H groups in total. The van der Waals surface area contributed by atoms with Crippen molar-refractivity contribution in [3.63, 3.8) is 0 Å². The maximum absolute atomic E-state index is 6.14. The Morgan fingerprint density at radius 3 is 2.39 bits per heavy atom. The van der Waals surface area contributed by atoms with Gasteiger partial charge in [-0.05, 0) is 51.9 Å². The summed E-state index contributed by atoms with van der Waals surface area (Å²) in [5.74, 6) is 1.49. The van der Waals surface area contributed by atoms with Crippen LogP contribution >= 0.6 is 0 Å². The molecular formula is C15H31NO2. The molecule has 0 heterocycles. The smallest absolute Gasteiger partial charge is 0.0729 e. The third-order valence-corrected chi connectivity index (χ3v) is 3.78. The zero-order chi connectivity index (χ0) is 13.8. The first kappa shape index (κ1) is 15.9. The van der Waals surface area contributed by atoms with E-state index >= 15 is 0 Å². The van der Waals surface area contributed by atoms with E-state index < -0.39 is 0 Å². The first-order valence-corrected chi connectivity index (χ1v) is 7.30. The van der Waals surface area contributed by atoms with Gasteiger partial charge in [-0.3, -0.25) is 0 Å². The van der Waals surface area contributed by atoms with Gasteiger partial charge in [-0.1, -0.05) is 13.8 Å². The zero-order valence-corrected chi connectivity index (χ0v) is 12.7. The van der Waals surface area contributed by atoms with Crippen molar-refractivity contribution >= 4 is 0 Å². The Morgan fingerprint density at radius 2 is 1.83 bits per heavy atom. The van der Waals surface area contributed by atoms with Crippen molar-refractivity contribution in [2.24, 2.45) is 17.6 Å². The predicted molar refractivity (Wildman–Crippen MR) is 75.6 cm³/mol. The third kappa shape index (κ3) is 5.68. The SMILES string of the molecule is CC(C)C1CCC(N)C(OCCOC(C)(C)C)C1. The highest BCUT2D eigenvalue weighted by Crippen LogP contribution is 2.30. The van der Waals surface area contributed by atoms with Gasteiger partial charge in [0.15, 0.2) is 0 Å². The summed E-state index contributed by atoms with van der Waals surface area (Å²) in [6, 6.07) is 0.203. The van der Waals surface area contributed by atoms with E-state index in [4.69, 9.17) is 15.2 Å². The summed E-state index contributed by atoms with van der Waals surface area (Å²) in [5.41, 5.74) is 6.06. The van der Waals surface area contributed by atoms with Crippen molar-refractivity contribution in [1.82, 2.24) is 0 Å². The number of hydrogen-bond acceptors (Lipinski definition) is 3. The molecule has 0 aliphatic heterocycles. The van der Waals surface area contributed by atoms with E-state index in [1.54, 1.807) is 0 Å². The van der Waals surface area contributed by atoms with E-state index in [0.29, 0.717) is 13.2 Å². The molecule has 3 atom stereocenters. The van der Waals surface area contributed by atoms with Crippen LogP contribution in [-0.4, -0.2) is 31.0 Å². The lowest BCUT2D eigenvalue weighted by Gasteiger charge is -2.36. The number of hydrogen-bond donors (Lipinski definition) is 1. The lowest BCUT2D eigenvalue weighted by molar-refractivity contribution is -0.0683. The highest BCUT2D eigenvalue weighted by molar-refractivity contribution is 4.84. The van der Waals surface area contributed by atoms with Gasteiger partial charge in [0.1, 0.15) is 0 Å². The van der Waals surface area contributed by atoms with Crippen molar-refractivity contribution in [1.29, 1.82) is 0 Å². The Balaban J connectivity index is 2.27. The van der Waals surface area contributed by atoms with Crippen LogP contribution in [0.2, 0.25) is 0 Å². The number of rotatable bonds is 5. The summed E-state index contributed by atoms with van der Waals surface area (Å²) < 4.78 is 11.6. The predicted octanol–water partition coefficient (Wildman–Crippen LogP) is 2.97. The summed E-state index contributed by atoms with van der Waals surface area (Å²) >= 11 is 0. The monoisotopic (exact) mass is 257 g/mol. The highest BCUT2D eigenvalue weighted by Gasteiger charge is 2.30. The van der Waals surface area contributed by atoms with E-state index in [1.807, 2.05) is 0 Å². The molecule has 3 unspecified atom stereocenters. The van der Waals surface area contributed by atoms with Gasteiger partial charge in [-0.15, -0.1) is 0 Å². The summed E-state index contributed by atoms with van der Waals surface area (Å²) in [7, 11) is 0. The van der Waals surface area contributed by atoms with Gasteiger partial charge in [-0.2, -0.15) is 0 Å². The van der Waals surface area contributed by atoms with E-state index in [-0.39, 0.29) is 17.7 Å². The van der Waals surface area contributed by atoms with Gasteiger partial charge in [0.05, 0.1) is 24.9 Å². The summed E-state index contributed by atoms with van der Waals surface area (Å²) in [6.45, 7) is 12.1. The lowest BCUT2D eigenvalue weighted by atomic mass is 9.78. The van der Waals surface area contributed by atoms with Crippen LogP contribution in [-0.2, 0) is 9.47 Å². The molecule has 3 nitrogen and oxygen atoms in total. The maximum Gasteiger partial charge on any atom is 0.0729 e. The summed E-state index contributed by atoms with van der Waals surface area (Å²) in [5, 5.41) is 0. The Kier molecular flexibility index (Phi) is 6.09. The Labute approximate surface area is 112 Å². The lowest BCUT2D eigenvalue weighted by Crippen LogP contribution is -2.43. The Hall–Kier alpha value is -0.120. The van der Waals surface area contributed by atoms with Crippen LogP contribution in [0.3, 0.4) is 0 Å². The fourth-order valence-electron chi connectivity index (χ4n) is 2.53. The molecule has 0 amide bonds. The quantitative estimate of drug-likeness (QED) is 0.770. The molecule has 1 fully saturated rings. The molecular weight excluding hydrogens is 226 g/mol. The van der Waals surface area contributed by atoms with Crippen LogP contribution < -0.4 is 5.73 Å². The van der Waals surface area contributed by atoms with E-state index in [2.05, 4.69) is 34.6 Å². The topological polar surface area (TPSA) is 44.5 Å². The summed E-state index contributed by atoms with van der Waals surface area (Å²) in [4.78, 5) is 0. The maximum atomic E-state index is 6.14. The molecule has 0 spiro atoms. The third-order valence-electron chi connectivity index (χ3n) is 3.78.